The van der Waals surface area contributed by atoms with Crippen LogP contribution in [-0.4, -0.2) is 35.7 Å². The van der Waals surface area contributed by atoms with E-state index in [0.717, 1.165) is 17.7 Å². The summed E-state index contributed by atoms with van der Waals surface area (Å²) in [6.07, 6.45) is -12.2. The maximum Gasteiger partial charge on any atom is 0.416 e. The van der Waals surface area contributed by atoms with Crippen LogP contribution in [0.3, 0.4) is 0 Å². The van der Waals surface area contributed by atoms with Crippen molar-refractivity contribution in [3.8, 4) is 5.75 Å². The molecule has 3 aromatic carbocycles. The van der Waals surface area contributed by atoms with Gasteiger partial charge in [-0.3, -0.25) is 4.79 Å². The molecule has 0 fully saturated rings. The highest BCUT2D eigenvalue weighted by Crippen LogP contribution is 2.38. The first-order chi connectivity index (χ1) is 24.5. The van der Waals surface area contributed by atoms with Crippen LogP contribution in [0.15, 0.2) is 79.1 Å². The topological polar surface area (TPSA) is 67.8 Å². The Bertz CT molecular complexity index is 1730. The van der Waals surface area contributed by atoms with E-state index in [1.54, 1.807) is 36.9 Å². The number of carbonyl (C=O) groups is 1. The van der Waals surface area contributed by atoms with E-state index in [2.05, 4.69) is 9.97 Å². The van der Waals surface area contributed by atoms with Crippen LogP contribution in [0, 0.1) is 0 Å². The lowest BCUT2D eigenvalue weighted by atomic mass is 10.0. The van der Waals surface area contributed by atoms with Gasteiger partial charge in [-0.25, -0.2) is 9.97 Å². The van der Waals surface area contributed by atoms with E-state index in [4.69, 9.17) is 9.47 Å². The Hall–Kier alpha value is -5.02. The second-order valence-corrected chi connectivity index (χ2v) is 11.6. The highest BCUT2D eigenvalue weighted by atomic mass is 19.4. The minimum atomic E-state index is -5.13. The molecule has 0 radical (unpaired) electrons. The SMILES string of the molecule is CCOC(=O)CCCOc1cnc(N(Cc2cc(C(F)(F)F)cc(C(F)(F)F)c2)Cc2cc(C(F)(F)F)ccc2N(CC)Cc2ccccc2)nc1. The molecule has 1 heterocycles. The summed E-state index contributed by atoms with van der Waals surface area (Å²) in [5.74, 6) is -0.499. The summed E-state index contributed by atoms with van der Waals surface area (Å²) in [6, 6.07) is 13.2. The summed E-state index contributed by atoms with van der Waals surface area (Å²) < 4.78 is 135. The Morgan fingerprint density at radius 3 is 1.85 bits per heavy atom. The van der Waals surface area contributed by atoms with E-state index in [9.17, 15) is 44.3 Å². The predicted octanol–water partition coefficient (Wildman–Crippen LogP) is 9.49. The smallest absolute Gasteiger partial charge is 0.416 e. The van der Waals surface area contributed by atoms with Crippen LogP contribution >= 0.6 is 0 Å². The molecule has 4 rings (SSSR count). The summed E-state index contributed by atoms with van der Waals surface area (Å²) in [7, 11) is 0. The zero-order valence-electron chi connectivity index (χ0n) is 28.1. The predicted molar refractivity (Wildman–Crippen MR) is 174 cm³/mol. The molecule has 280 valence electrons. The fourth-order valence-electron chi connectivity index (χ4n) is 5.29. The number of halogens is 9. The average Bonchev–Trinajstić information content (AvgIpc) is 3.08. The van der Waals surface area contributed by atoms with Gasteiger partial charge in [0.2, 0.25) is 5.95 Å². The number of benzene rings is 3. The Kier molecular flexibility index (Phi) is 13.0. The quantitative estimate of drug-likeness (QED) is 0.0683. The maximum absolute atomic E-state index is 14.0. The van der Waals surface area contributed by atoms with E-state index in [0.29, 0.717) is 30.8 Å². The van der Waals surface area contributed by atoms with Gasteiger partial charge in [-0.2, -0.15) is 39.5 Å². The van der Waals surface area contributed by atoms with Crippen molar-refractivity contribution < 1.29 is 53.8 Å². The standard InChI is InChI=1S/C36H35F9N4O3/c1-3-48(21-24-9-6-5-7-10-24)31-13-12-27(34(37,38)39)17-26(31)23-49(22-25-15-28(35(40,41)42)18-29(16-25)36(43,44)45)33-46-19-30(20-47-33)52-14-8-11-32(50)51-4-2/h5-7,9-10,12-13,15-20H,3-4,8,11,14,21-23H2,1-2H3. The minimum Gasteiger partial charge on any atom is -0.490 e. The molecule has 0 N–H and O–H groups in total. The van der Waals surface area contributed by atoms with Crippen LogP contribution in [-0.2, 0) is 47.7 Å². The van der Waals surface area contributed by atoms with Crippen LogP contribution in [0.2, 0.25) is 0 Å². The van der Waals surface area contributed by atoms with Crippen molar-refractivity contribution in [2.75, 3.05) is 29.6 Å². The average molecular weight is 743 g/mol. The number of hydrogen-bond donors (Lipinski definition) is 0. The lowest BCUT2D eigenvalue weighted by molar-refractivity contribution is -0.144. The molecule has 16 heteroatoms. The Morgan fingerprint density at radius 1 is 0.692 bits per heavy atom. The molecule has 0 aliphatic carbocycles. The number of anilines is 2. The number of esters is 1. The van der Waals surface area contributed by atoms with Gasteiger partial charge in [-0.1, -0.05) is 30.3 Å². The number of alkyl halides is 9. The van der Waals surface area contributed by atoms with Crippen LogP contribution in [0.25, 0.3) is 0 Å². The zero-order chi connectivity index (χ0) is 38.1. The number of rotatable bonds is 15. The number of carbonyl (C=O) groups excluding carboxylic acids is 1. The number of aromatic nitrogens is 2. The van der Waals surface area contributed by atoms with Crippen molar-refractivity contribution >= 4 is 17.6 Å². The van der Waals surface area contributed by atoms with Crippen molar-refractivity contribution in [3.63, 3.8) is 0 Å². The summed E-state index contributed by atoms with van der Waals surface area (Å²) in [6.45, 7) is 3.28. The minimum absolute atomic E-state index is 0.00790. The second kappa shape index (κ2) is 17.0. The summed E-state index contributed by atoms with van der Waals surface area (Å²) in [5, 5.41) is 0. The van der Waals surface area contributed by atoms with E-state index in [-0.39, 0.29) is 49.5 Å². The van der Waals surface area contributed by atoms with Crippen molar-refractivity contribution in [1.29, 1.82) is 0 Å². The molecule has 0 unspecified atom stereocenters. The van der Waals surface area contributed by atoms with Crippen molar-refractivity contribution in [2.24, 2.45) is 0 Å². The van der Waals surface area contributed by atoms with Gasteiger partial charge >= 0.3 is 24.5 Å². The fourth-order valence-corrected chi connectivity index (χ4v) is 5.29. The molecule has 0 atom stereocenters. The first-order valence-corrected chi connectivity index (χ1v) is 16.1. The maximum atomic E-state index is 14.0. The zero-order valence-corrected chi connectivity index (χ0v) is 28.1. The molecule has 52 heavy (non-hydrogen) atoms. The van der Waals surface area contributed by atoms with Gasteiger partial charge < -0.3 is 19.3 Å². The van der Waals surface area contributed by atoms with Crippen molar-refractivity contribution in [3.05, 3.63) is 113 Å². The van der Waals surface area contributed by atoms with Gasteiger partial charge in [0, 0.05) is 38.3 Å². The van der Waals surface area contributed by atoms with Gasteiger partial charge in [-0.15, -0.1) is 0 Å². The van der Waals surface area contributed by atoms with Gasteiger partial charge in [0.1, 0.15) is 0 Å². The van der Waals surface area contributed by atoms with Gasteiger partial charge in [0.25, 0.3) is 0 Å². The molecular weight excluding hydrogens is 707 g/mol. The van der Waals surface area contributed by atoms with E-state index in [1.807, 2.05) is 12.1 Å². The third-order valence-corrected chi connectivity index (χ3v) is 7.72. The van der Waals surface area contributed by atoms with Gasteiger partial charge in [0.05, 0.1) is 42.3 Å². The molecule has 0 aliphatic rings. The molecule has 0 amide bonds. The summed E-state index contributed by atoms with van der Waals surface area (Å²) in [4.78, 5) is 23.0. The number of ether oxygens (including phenoxy) is 2. The molecule has 0 saturated carbocycles. The van der Waals surface area contributed by atoms with Crippen LogP contribution < -0.4 is 14.5 Å². The highest BCUT2D eigenvalue weighted by Gasteiger charge is 2.37. The largest absolute Gasteiger partial charge is 0.490 e. The molecule has 0 saturated heterocycles. The molecule has 0 aliphatic heterocycles. The second-order valence-electron chi connectivity index (χ2n) is 11.6. The van der Waals surface area contributed by atoms with Gasteiger partial charge in [0.15, 0.2) is 5.75 Å². The van der Waals surface area contributed by atoms with E-state index in [1.165, 1.54) is 23.4 Å². The number of nitrogens with zero attached hydrogens (tertiary/aromatic N) is 4. The van der Waals surface area contributed by atoms with E-state index < -0.39 is 59.8 Å². The van der Waals surface area contributed by atoms with Crippen LogP contribution in [0.5, 0.6) is 5.75 Å². The molecule has 0 bridgehead atoms. The Labute approximate surface area is 294 Å². The Morgan fingerprint density at radius 2 is 1.29 bits per heavy atom. The summed E-state index contributed by atoms with van der Waals surface area (Å²) in [5.41, 5.74) is -3.28. The van der Waals surface area contributed by atoms with Crippen LogP contribution in [0.1, 0.15) is 60.1 Å². The monoisotopic (exact) mass is 742 g/mol. The van der Waals surface area contributed by atoms with E-state index >= 15 is 0 Å². The highest BCUT2D eigenvalue weighted by molar-refractivity contribution is 5.69. The summed E-state index contributed by atoms with van der Waals surface area (Å²) >= 11 is 0. The molecule has 7 nitrogen and oxygen atoms in total. The first-order valence-electron chi connectivity index (χ1n) is 16.1. The molecule has 0 spiro atoms. The van der Waals surface area contributed by atoms with Gasteiger partial charge in [-0.05, 0) is 73.4 Å². The van der Waals surface area contributed by atoms with Crippen molar-refractivity contribution in [2.45, 2.75) is 64.9 Å². The normalized spacial score (nSPS) is 12.1. The number of hydrogen-bond acceptors (Lipinski definition) is 7. The molecular formula is C36H35F9N4O3. The Balaban J connectivity index is 1.76. The lowest BCUT2D eigenvalue weighted by Gasteiger charge is -2.30. The molecule has 4 aromatic rings. The molecule has 1 aromatic heterocycles. The van der Waals surface area contributed by atoms with Crippen LogP contribution in [0.4, 0.5) is 51.1 Å². The lowest BCUT2D eigenvalue weighted by Crippen LogP contribution is -2.28. The third kappa shape index (κ3) is 11.2. The fraction of sp³-hybridized carbons (Fsp3) is 0.361. The first kappa shape index (κ1) is 39.8. The third-order valence-electron chi connectivity index (χ3n) is 7.72. The van der Waals surface area contributed by atoms with Crippen molar-refractivity contribution in [1.82, 2.24) is 9.97 Å².